The van der Waals surface area contributed by atoms with Gasteiger partial charge in [0.05, 0.1) is 5.92 Å². The van der Waals surface area contributed by atoms with Gasteiger partial charge in [0.25, 0.3) is 0 Å². The van der Waals surface area contributed by atoms with E-state index < -0.39 is 5.82 Å². The van der Waals surface area contributed by atoms with Gasteiger partial charge in [-0.25, -0.2) is 4.39 Å². The highest BCUT2D eigenvalue weighted by Crippen LogP contribution is 2.49. The van der Waals surface area contributed by atoms with Crippen LogP contribution >= 0.6 is 11.6 Å². The number of hydrogen-bond acceptors (Lipinski definition) is 2. The van der Waals surface area contributed by atoms with Gasteiger partial charge in [-0.3, -0.25) is 4.79 Å². The van der Waals surface area contributed by atoms with Gasteiger partial charge in [0.15, 0.2) is 11.6 Å². The topological polar surface area (TPSA) is 26.3 Å². The average molecular weight is 477 g/mol. The SMILES string of the molecule is CCCCCCC1CCC2CC(C3CCC(C(=O)Oc4ccc(Cl)cc4F)CC3)CCC2C1. The largest absolute Gasteiger partial charge is 0.423 e. The van der Waals surface area contributed by atoms with Crippen LogP contribution in [0.1, 0.15) is 103 Å². The maximum Gasteiger partial charge on any atom is 0.314 e. The predicted molar refractivity (Wildman–Crippen MR) is 133 cm³/mol. The van der Waals surface area contributed by atoms with Crippen molar-refractivity contribution >= 4 is 17.6 Å². The van der Waals surface area contributed by atoms with Crippen molar-refractivity contribution in [3.63, 3.8) is 0 Å². The van der Waals surface area contributed by atoms with E-state index in [9.17, 15) is 9.18 Å². The second kappa shape index (κ2) is 12.0. The lowest BCUT2D eigenvalue weighted by Gasteiger charge is -2.45. The lowest BCUT2D eigenvalue weighted by molar-refractivity contribution is -0.140. The Labute approximate surface area is 205 Å². The van der Waals surface area contributed by atoms with Crippen LogP contribution in [-0.2, 0) is 4.79 Å². The first-order valence-electron chi connectivity index (χ1n) is 13.7. The number of rotatable bonds is 8. The molecule has 0 spiro atoms. The number of carbonyl (C=O) groups excluding carboxylic acids is 1. The van der Waals surface area contributed by atoms with Crippen LogP contribution in [0.25, 0.3) is 0 Å². The Balaban J connectivity index is 1.19. The van der Waals surface area contributed by atoms with E-state index in [-0.39, 0.29) is 17.6 Å². The van der Waals surface area contributed by atoms with Crippen molar-refractivity contribution in [3.8, 4) is 5.75 Å². The molecule has 33 heavy (non-hydrogen) atoms. The first kappa shape index (κ1) is 25.0. The summed E-state index contributed by atoms with van der Waals surface area (Å²) in [7, 11) is 0. The number of esters is 1. The van der Waals surface area contributed by atoms with E-state index in [0.717, 1.165) is 55.3 Å². The molecule has 3 aliphatic rings. The Morgan fingerprint density at radius 3 is 2.30 bits per heavy atom. The van der Waals surface area contributed by atoms with Gasteiger partial charge in [-0.05, 0) is 106 Å². The van der Waals surface area contributed by atoms with E-state index >= 15 is 0 Å². The second-order valence-electron chi connectivity index (χ2n) is 11.2. The lowest BCUT2D eigenvalue weighted by atomic mass is 9.60. The van der Waals surface area contributed by atoms with Crippen LogP contribution in [0.4, 0.5) is 4.39 Å². The summed E-state index contributed by atoms with van der Waals surface area (Å²) in [6.45, 7) is 2.30. The molecule has 0 heterocycles. The standard InChI is InChI=1S/C29H42ClFO2/c1-2-3-4-5-6-20-7-8-25-18-24(14-13-23(25)17-20)21-9-11-22(12-10-21)29(32)33-28-16-15-26(30)19-27(28)31/h15-16,19-25H,2-14,17-18H2,1H3. The van der Waals surface area contributed by atoms with Crippen molar-refractivity contribution in [2.45, 2.75) is 103 Å². The summed E-state index contributed by atoms with van der Waals surface area (Å²) in [6.07, 6.45) is 19.7. The molecule has 0 aliphatic heterocycles. The van der Waals surface area contributed by atoms with E-state index in [4.69, 9.17) is 16.3 Å². The number of fused-ring (bicyclic) bond motifs is 1. The van der Waals surface area contributed by atoms with Gasteiger partial charge in [0.2, 0.25) is 0 Å². The molecule has 3 saturated carbocycles. The molecular weight excluding hydrogens is 435 g/mol. The molecule has 4 unspecified atom stereocenters. The maximum absolute atomic E-state index is 14.0. The number of hydrogen-bond donors (Lipinski definition) is 0. The maximum atomic E-state index is 14.0. The Morgan fingerprint density at radius 1 is 0.909 bits per heavy atom. The molecule has 3 aliphatic carbocycles. The Kier molecular flexibility index (Phi) is 9.13. The van der Waals surface area contributed by atoms with E-state index in [1.54, 1.807) is 6.07 Å². The fraction of sp³-hybridized carbons (Fsp3) is 0.759. The van der Waals surface area contributed by atoms with Crippen LogP contribution in [0, 0.1) is 41.3 Å². The molecule has 4 heteroatoms. The molecule has 3 fully saturated rings. The van der Waals surface area contributed by atoms with E-state index in [0.29, 0.717) is 5.02 Å². The zero-order chi connectivity index (χ0) is 23.2. The van der Waals surface area contributed by atoms with Crippen LogP contribution in [0.2, 0.25) is 5.02 Å². The Bertz CT molecular complexity index is 773. The third kappa shape index (κ3) is 6.74. The van der Waals surface area contributed by atoms with Crippen LogP contribution in [0.15, 0.2) is 18.2 Å². The van der Waals surface area contributed by atoms with Gasteiger partial charge < -0.3 is 4.74 Å². The van der Waals surface area contributed by atoms with Crippen molar-refractivity contribution in [2.24, 2.45) is 35.5 Å². The van der Waals surface area contributed by atoms with Crippen LogP contribution < -0.4 is 4.74 Å². The number of carbonyl (C=O) groups is 1. The van der Waals surface area contributed by atoms with Gasteiger partial charge in [-0.2, -0.15) is 0 Å². The van der Waals surface area contributed by atoms with Gasteiger partial charge in [-0.15, -0.1) is 0 Å². The molecule has 1 aromatic rings. The fourth-order valence-corrected chi connectivity index (χ4v) is 7.31. The summed E-state index contributed by atoms with van der Waals surface area (Å²) in [5.74, 6) is 3.56. The van der Waals surface area contributed by atoms with Crippen LogP contribution in [-0.4, -0.2) is 5.97 Å². The summed E-state index contributed by atoms with van der Waals surface area (Å²) in [6, 6.07) is 4.19. The van der Waals surface area contributed by atoms with Gasteiger partial charge >= 0.3 is 5.97 Å². The van der Waals surface area contributed by atoms with Crippen molar-refractivity contribution in [1.29, 1.82) is 0 Å². The first-order chi connectivity index (χ1) is 16.0. The van der Waals surface area contributed by atoms with E-state index in [1.807, 2.05) is 0 Å². The molecule has 1 aromatic carbocycles. The fourth-order valence-electron chi connectivity index (χ4n) is 7.15. The molecule has 2 nitrogen and oxygen atoms in total. The molecule has 0 bridgehead atoms. The number of benzene rings is 1. The summed E-state index contributed by atoms with van der Waals surface area (Å²) in [5, 5.41) is 0.308. The highest BCUT2D eigenvalue weighted by Gasteiger charge is 2.39. The highest BCUT2D eigenvalue weighted by molar-refractivity contribution is 6.30. The predicted octanol–water partition coefficient (Wildman–Crippen LogP) is 8.99. The number of halogens is 2. The summed E-state index contributed by atoms with van der Waals surface area (Å²) in [4.78, 5) is 12.6. The highest BCUT2D eigenvalue weighted by atomic mass is 35.5. The Hall–Kier alpha value is -1.09. The van der Waals surface area contributed by atoms with Crippen molar-refractivity contribution in [2.75, 3.05) is 0 Å². The third-order valence-corrected chi connectivity index (χ3v) is 9.34. The zero-order valence-electron chi connectivity index (χ0n) is 20.4. The molecule has 0 aromatic heterocycles. The van der Waals surface area contributed by atoms with Crippen LogP contribution in [0.5, 0.6) is 5.75 Å². The van der Waals surface area contributed by atoms with E-state index in [2.05, 4.69) is 6.92 Å². The Morgan fingerprint density at radius 2 is 1.58 bits per heavy atom. The van der Waals surface area contributed by atoms with Crippen molar-refractivity contribution in [1.82, 2.24) is 0 Å². The van der Waals surface area contributed by atoms with Gasteiger partial charge in [0.1, 0.15) is 0 Å². The molecule has 184 valence electrons. The molecule has 0 saturated heterocycles. The minimum atomic E-state index is -0.572. The minimum Gasteiger partial charge on any atom is -0.423 e. The lowest BCUT2D eigenvalue weighted by Crippen LogP contribution is -2.35. The van der Waals surface area contributed by atoms with E-state index in [1.165, 1.54) is 82.8 Å². The number of unbranched alkanes of at least 4 members (excludes halogenated alkanes) is 3. The monoisotopic (exact) mass is 476 g/mol. The third-order valence-electron chi connectivity index (χ3n) is 9.10. The first-order valence-corrected chi connectivity index (χ1v) is 14.1. The van der Waals surface area contributed by atoms with Gasteiger partial charge in [-0.1, -0.05) is 57.0 Å². The zero-order valence-corrected chi connectivity index (χ0v) is 21.1. The molecule has 0 N–H and O–H groups in total. The normalized spacial score (nSPS) is 32.2. The number of ether oxygens (including phenoxy) is 1. The molecule has 4 atom stereocenters. The molecular formula is C29H42ClFO2. The van der Waals surface area contributed by atoms with Crippen molar-refractivity contribution < 1.29 is 13.9 Å². The molecule has 0 amide bonds. The minimum absolute atomic E-state index is 0.00851. The summed E-state index contributed by atoms with van der Waals surface area (Å²) >= 11 is 5.79. The summed E-state index contributed by atoms with van der Waals surface area (Å²) in [5.41, 5.74) is 0. The molecule has 0 radical (unpaired) electrons. The average Bonchev–Trinajstić information content (AvgIpc) is 2.83. The smallest absolute Gasteiger partial charge is 0.314 e. The summed E-state index contributed by atoms with van der Waals surface area (Å²) < 4.78 is 19.3. The second-order valence-corrected chi connectivity index (χ2v) is 11.7. The van der Waals surface area contributed by atoms with Crippen molar-refractivity contribution in [3.05, 3.63) is 29.0 Å². The quantitative estimate of drug-likeness (QED) is 0.212. The molecule has 4 rings (SSSR count). The van der Waals surface area contributed by atoms with Crippen LogP contribution in [0.3, 0.4) is 0 Å². The van der Waals surface area contributed by atoms with Gasteiger partial charge in [0, 0.05) is 5.02 Å².